The highest BCUT2D eigenvalue weighted by Gasteiger charge is 2.26. The van der Waals surface area contributed by atoms with Crippen LogP contribution >= 0.6 is 36.7 Å². The maximum absolute atomic E-state index is 13.2. The van der Waals surface area contributed by atoms with Crippen molar-refractivity contribution in [2.24, 2.45) is 5.41 Å². The van der Waals surface area contributed by atoms with E-state index in [1.54, 1.807) is 18.2 Å². The Morgan fingerprint density at radius 3 is 1.24 bits per heavy atom. The van der Waals surface area contributed by atoms with E-state index in [1.807, 2.05) is 34.6 Å². The Labute approximate surface area is 315 Å². The Hall–Kier alpha value is -4.08. The number of phenolic OH excluding ortho intramolecular Hbond substituents is 3. The van der Waals surface area contributed by atoms with Gasteiger partial charge < -0.3 is 47.2 Å². The topological polar surface area (TPSA) is 133 Å². The SMILES string of the molecule is CC(C)(C)CC(C)(C)NC(=S)Nc1cccc(F)c1O.CC(C)(C)NC(=S)Nc1cccc(F)c1O.CC(C)NC(=S)Nc1cccc(F)c1O. The number of thiocarbonyl (C=S) groups is 3. The molecule has 0 fully saturated rings. The molecule has 9 N–H and O–H groups in total. The van der Waals surface area contributed by atoms with Crippen molar-refractivity contribution in [3.05, 3.63) is 72.0 Å². The lowest BCUT2D eigenvalue weighted by atomic mass is 9.82. The molecule has 0 bridgehead atoms. The Morgan fingerprint density at radius 2 is 0.922 bits per heavy atom. The number of aromatic hydroxyl groups is 3. The first-order chi connectivity index (χ1) is 23.3. The summed E-state index contributed by atoms with van der Waals surface area (Å²) in [6.45, 7) is 20.3. The number of hydrogen-bond acceptors (Lipinski definition) is 6. The fraction of sp³-hybridized carbons (Fsp3) is 0.417. The van der Waals surface area contributed by atoms with E-state index in [0.29, 0.717) is 15.3 Å². The predicted octanol–water partition coefficient (Wildman–Crippen LogP) is 8.87. The van der Waals surface area contributed by atoms with Gasteiger partial charge in [0.25, 0.3) is 0 Å². The van der Waals surface area contributed by atoms with Crippen LogP contribution in [0.4, 0.5) is 30.2 Å². The molecule has 0 aromatic heterocycles. The Morgan fingerprint density at radius 1 is 0.588 bits per heavy atom. The second-order valence-electron chi connectivity index (χ2n) is 14.7. The fourth-order valence-electron chi connectivity index (χ4n) is 4.59. The molecule has 9 nitrogen and oxygen atoms in total. The molecular weight excluding hydrogens is 718 g/mol. The molecular formula is C36H51F3N6O3S3. The van der Waals surface area contributed by atoms with Gasteiger partial charge in [-0.2, -0.15) is 0 Å². The lowest BCUT2D eigenvalue weighted by Gasteiger charge is -2.34. The van der Waals surface area contributed by atoms with Gasteiger partial charge in [-0.1, -0.05) is 39.0 Å². The third-order valence-electron chi connectivity index (χ3n) is 6.04. The van der Waals surface area contributed by atoms with Gasteiger partial charge in [-0.3, -0.25) is 0 Å². The number of benzene rings is 3. The minimum atomic E-state index is -0.677. The molecule has 0 amide bonds. The number of phenols is 3. The normalized spacial score (nSPS) is 11.2. The average Bonchev–Trinajstić information content (AvgIpc) is 2.94. The van der Waals surface area contributed by atoms with Crippen molar-refractivity contribution >= 4 is 69.1 Å². The van der Waals surface area contributed by atoms with Crippen LogP contribution in [0.3, 0.4) is 0 Å². The van der Waals surface area contributed by atoms with Gasteiger partial charge in [0.2, 0.25) is 0 Å². The summed E-state index contributed by atoms with van der Waals surface area (Å²) in [6, 6.07) is 12.9. The van der Waals surface area contributed by atoms with Gasteiger partial charge in [0.1, 0.15) is 0 Å². The zero-order valence-electron chi connectivity index (χ0n) is 30.7. The molecule has 0 heterocycles. The van der Waals surface area contributed by atoms with Crippen molar-refractivity contribution in [3.63, 3.8) is 0 Å². The van der Waals surface area contributed by atoms with Crippen molar-refractivity contribution < 1.29 is 28.5 Å². The van der Waals surface area contributed by atoms with Crippen LogP contribution in [0.5, 0.6) is 17.2 Å². The van der Waals surface area contributed by atoms with Gasteiger partial charge in [0.15, 0.2) is 50.0 Å². The first kappa shape index (κ1) is 44.9. The summed E-state index contributed by atoms with van der Waals surface area (Å²) in [6.07, 6.45) is 0.914. The minimum Gasteiger partial charge on any atom is -0.503 e. The molecule has 0 saturated carbocycles. The Balaban J connectivity index is 0.000000387. The van der Waals surface area contributed by atoms with Crippen LogP contribution in [-0.2, 0) is 0 Å². The third kappa shape index (κ3) is 18.1. The molecule has 0 unspecified atom stereocenters. The largest absolute Gasteiger partial charge is 0.503 e. The van der Waals surface area contributed by atoms with E-state index in [1.165, 1.54) is 36.4 Å². The van der Waals surface area contributed by atoms with Crippen LogP contribution < -0.4 is 31.9 Å². The van der Waals surface area contributed by atoms with Crippen LogP contribution in [-0.4, -0.2) is 47.8 Å². The molecule has 3 aromatic carbocycles. The standard InChI is InChI=1S/C15H23FN2OS.C11H15FN2OS.C10H13FN2OS/c1-14(2,3)9-15(4,5)18-13(20)17-11-8-6-7-10(16)12(11)19;1-11(2,3)14-10(16)13-8-6-4-5-7(12)9(8)15;1-6(2)12-10(15)13-8-5-3-4-7(11)9(8)14/h6-8,19H,9H2,1-5H3,(H2,17,18,20);4-6,15H,1-3H3,(H2,13,14,16);3-6,14H,1-2H3,(H2,12,13,15). The van der Waals surface area contributed by atoms with E-state index in [0.717, 1.165) is 6.42 Å². The van der Waals surface area contributed by atoms with Crippen molar-refractivity contribution in [1.82, 2.24) is 16.0 Å². The van der Waals surface area contributed by atoms with E-state index in [4.69, 9.17) is 36.7 Å². The molecule has 282 valence electrons. The van der Waals surface area contributed by atoms with Gasteiger partial charge in [0.05, 0.1) is 17.1 Å². The predicted molar refractivity (Wildman–Crippen MR) is 215 cm³/mol. The molecule has 0 aliphatic carbocycles. The maximum atomic E-state index is 13.2. The second-order valence-corrected chi connectivity index (χ2v) is 15.9. The number of nitrogens with one attached hydrogen (secondary N) is 6. The quantitative estimate of drug-likeness (QED) is 0.0877. The third-order valence-corrected chi connectivity index (χ3v) is 6.67. The molecule has 3 rings (SSSR count). The highest BCUT2D eigenvalue weighted by Crippen LogP contribution is 2.29. The lowest BCUT2D eigenvalue weighted by molar-refractivity contribution is 0.268. The molecule has 0 saturated heterocycles. The van der Waals surface area contributed by atoms with E-state index in [9.17, 15) is 28.5 Å². The number of anilines is 3. The zero-order valence-corrected chi connectivity index (χ0v) is 33.1. The van der Waals surface area contributed by atoms with Crippen LogP contribution in [0.2, 0.25) is 0 Å². The summed E-state index contributed by atoms with van der Waals surface area (Å²) in [5.74, 6) is -3.31. The fourth-order valence-corrected chi connectivity index (χ4v) is 5.74. The summed E-state index contributed by atoms with van der Waals surface area (Å²) in [4.78, 5) is 0. The van der Waals surface area contributed by atoms with Gasteiger partial charge in [-0.25, -0.2) is 13.2 Å². The first-order valence-electron chi connectivity index (χ1n) is 16.0. The highest BCUT2D eigenvalue weighted by atomic mass is 32.1. The van der Waals surface area contributed by atoms with E-state index >= 15 is 0 Å². The van der Waals surface area contributed by atoms with Gasteiger partial charge in [-0.15, -0.1) is 0 Å². The molecule has 3 aromatic rings. The molecule has 0 radical (unpaired) electrons. The molecule has 0 aliphatic heterocycles. The summed E-state index contributed by atoms with van der Waals surface area (Å²) in [5.41, 5.74) is 0.537. The maximum Gasteiger partial charge on any atom is 0.175 e. The number of hydrogen-bond donors (Lipinski definition) is 9. The molecule has 51 heavy (non-hydrogen) atoms. The molecule has 0 aliphatic rings. The van der Waals surface area contributed by atoms with Crippen LogP contribution in [0.15, 0.2) is 54.6 Å². The number of rotatable bonds is 6. The molecule has 15 heteroatoms. The van der Waals surface area contributed by atoms with Crippen LogP contribution in [0.25, 0.3) is 0 Å². The van der Waals surface area contributed by atoms with Crippen molar-refractivity contribution in [2.45, 2.75) is 92.8 Å². The van der Waals surface area contributed by atoms with Crippen molar-refractivity contribution in [1.29, 1.82) is 0 Å². The van der Waals surface area contributed by atoms with Gasteiger partial charge in [-0.05, 0) is 133 Å². The van der Waals surface area contributed by atoms with E-state index in [2.05, 4.69) is 66.5 Å². The molecule has 0 spiro atoms. The lowest BCUT2D eigenvalue weighted by Crippen LogP contribution is -2.47. The average molecular weight is 769 g/mol. The van der Waals surface area contributed by atoms with Crippen molar-refractivity contribution in [3.8, 4) is 17.2 Å². The van der Waals surface area contributed by atoms with Gasteiger partial charge >= 0.3 is 0 Å². The second kappa shape index (κ2) is 19.5. The zero-order chi connectivity index (χ0) is 39.3. The van der Waals surface area contributed by atoms with Gasteiger partial charge in [0, 0.05) is 17.1 Å². The van der Waals surface area contributed by atoms with Crippen LogP contribution in [0, 0.1) is 22.9 Å². The molecule has 0 atom stereocenters. The van der Waals surface area contributed by atoms with Crippen molar-refractivity contribution in [2.75, 3.05) is 16.0 Å². The minimum absolute atomic E-state index is 0.160. The first-order valence-corrected chi connectivity index (χ1v) is 17.2. The van der Waals surface area contributed by atoms with Crippen LogP contribution in [0.1, 0.15) is 75.7 Å². The summed E-state index contributed by atoms with van der Waals surface area (Å²) in [7, 11) is 0. The number of para-hydroxylation sites is 3. The Bertz CT molecular complexity index is 1640. The number of halogens is 3. The highest BCUT2D eigenvalue weighted by molar-refractivity contribution is 7.80. The summed E-state index contributed by atoms with van der Waals surface area (Å²) in [5, 5.41) is 46.8. The summed E-state index contributed by atoms with van der Waals surface area (Å²) < 4.78 is 39.2. The monoisotopic (exact) mass is 768 g/mol. The Kier molecular flexibility index (Phi) is 17.2. The summed E-state index contributed by atoms with van der Waals surface area (Å²) >= 11 is 15.2. The smallest absolute Gasteiger partial charge is 0.175 e. The van der Waals surface area contributed by atoms with E-state index in [-0.39, 0.29) is 39.6 Å². The van der Waals surface area contributed by atoms with E-state index < -0.39 is 34.7 Å².